The molecular formula is C26H26ClF3N2O5S. The summed E-state index contributed by atoms with van der Waals surface area (Å²) in [5.41, 5.74) is 2.71. The van der Waals surface area contributed by atoms with Crippen LogP contribution >= 0.6 is 12.4 Å². The third-order valence-corrected chi connectivity index (χ3v) is 9.07. The van der Waals surface area contributed by atoms with Gasteiger partial charge in [0.2, 0.25) is 0 Å². The molecule has 1 saturated heterocycles. The number of halogens is 4. The Morgan fingerprint density at radius 1 is 0.921 bits per heavy atom. The van der Waals surface area contributed by atoms with Crippen LogP contribution in [0.1, 0.15) is 24.0 Å². The molecule has 1 aliphatic heterocycles. The van der Waals surface area contributed by atoms with Gasteiger partial charge in [0.1, 0.15) is 11.5 Å². The van der Waals surface area contributed by atoms with Crippen molar-refractivity contribution in [3.63, 3.8) is 0 Å². The summed E-state index contributed by atoms with van der Waals surface area (Å²) in [6.45, 7) is 2.53. The van der Waals surface area contributed by atoms with E-state index in [9.17, 15) is 31.6 Å². The Bertz CT molecular complexity index is 1360. The smallest absolute Gasteiger partial charge is 0.416 e. The minimum absolute atomic E-state index is 0. The van der Waals surface area contributed by atoms with Crippen LogP contribution in [-0.2, 0) is 20.8 Å². The van der Waals surface area contributed by atoms with Crippen molar-refractivity contribution in [3.05, 3.63) is 83.9 Å². The van der Waals surface area contributed by atoms with Crippen LogP contribution in [-0.4, -0.2) is 37.4 Å². The van der Waals surface area contributed by atoms with Gasteiger partial charge in [-0.25, -0.2) is 13.9 Å². The Hall–Kier alpha value is -3.28. The van der Waals surface area contributed by atoms with Crippen molar-refractivity contribution in [2.24, 2.45) is 0 Å². The average molecular weight is 571 g/mol. The topological polar surface area (TPSA) is 95.9 Å². The van der Waals surface area contributed by atoms with E-state index in [4.69, 9.17) is 4.74 Å². The number of nitrogens with zero attached hydrogens (tertiary/aromatic N) is 1. The molecule has 4 rings (SSSR count). The summed E-state index contributed by atoms with van der Waals surface area (Å²) in [6.07, 6.45) is -4.56. The molecule has 0 aliphatic carbocycles. The van der Waals surface area contributed by atoms with Crippen LogP contribution in [0.3, 0.4) is 0 Å². The fourth-order valence-corrected chi connectivity index (χ4v) is 6.32. The van der Waals surface area contributed by atoms with E-state index in [1.165, 1.54) is 29.7 Å². The number of alkyl halides is 3. The summed E-state index contributed by atoms with van der Waals surface area (Å²) < 4.78 is 69.2. The van der Waals surface area contributed by atoms with Crippen molar-refractivity contribution < 1.29 is 36.3 Å². The fraction of sp³-hybridized carbons (Fsp3) is 0.269. The molecule has 3 aromatic carbocycles. The first-order valence-electron chi connectivity index (χ1n) is 11.4. The van der Waals surface area contributed by atoms with Crippen molar-refractivity contribution >= 4 is 33.8 Å². The van der Waals surface area contributed by atoms with E-state index >= 15 is 0 Å². The van der Waals surface area contributed by atoms with Crippen LogP contribution in [0.25, 0.3) is 0 Å². The van der Waals surface area contributed by atoms with Gasteiger partial charge in [-0.15, -0.1) is 12.4 Å². The highest BCUT2D eigenvalue weighted by molar-refractivity contribution is 7.93. The molecule has 0 aromatic heterocycles. The second kappa shape index (κ2) is 11.2. The number of hydrogen-bond donors (Lipinski definition) is 2. The van der Waals surface area contributed by atoms with Crippen molar-refractivity contribution in [1.29, 1.82) is 0 Å². The molecule has 7 nitrogen and oxygen atoms in total. The lowest BCUT2D eigenvalue weighted by Crippen LogP contribution is -2.57. The van der Waals surface area contributed by atoms with Gasteiger partial charge in [-0.05, 0) is 80.4 Å². The van der Waals surface area contributed by atoms with Gasteiger partial charge in [0.15, 0.2) is 14.6 Å². The molecule has 1 heterocycles. The largest absolute Gasteiger partial charge is 0.457 e. The Kier molecular flexibility index (Phi) is 8.65. The molecule has 38 heavy (non-hydrogen) atoms. The maximum Gasteiger partial charge on any atom is 0.416 e. The lowest BCUT2D eigenvalue weighted by Gasteiger charge is -2.40. The molecule has 0 atom stereocenters. The monoisotopic (exact) mass is 570 g/mol. The van der Waals surface area contributed by atoms with Crippen LogP contribution in [0.5, 0.6) is 11.5 Å². The zero-order valence-electron chi connectivity index (χ0n) is 20.2. The van der Waals surface area contributed by atoms with E-state index in [0.29, 0.717) is 0 Å². The summed E-state index contributed by atoms with van der Waals surface area (Å²) in [7, 11) is -4.24. The number of sulfone groups is 1. The van der Waals surface area contributed by atoms with Gasteiger partial charge in [-0.3, -0.25) is 10.0 Å². The average Bonchev–Trinajstić information content (AvgIpc) is 2.89. The van der Waals surface area contributed by atoms with Crippen molar-refractivity contribution in [2.45, 2.75) is 35.6 Å². The molecule has 204 valence electrons. The zero-order valence-corrected chi connectivity index (χ0v) is 21.9. The predicted octanol–water partition coefficient (Wildman–Crippen LogP) is 5.55. The molecule has 3 aromatic rings. The van der Waals surface area contributed by atoms with Gasteiger partial charge in [-0.2, -0.15) is 13.2 Å². The number of ether oxygens (including phenoxy) is 1. The van der Waals surface area contributed by atoms with Crippen molar-refractivity contribution in [2.75, 3.05) is 18.0 Å². The first kappa shape index (κ1) is 29.3. The first-order chi connectivity index (χ1) is 17.5. The van der Waals surface area contributed by atoms with Crippen molar-refractivity contribution in [3.8, 4) is 11.5 Å². The number of benzene rings is 3. The second-order valence-electron chi connectivity index (χ2n) is 8.86. The van der Waals surface area contributed by atoms with Crippen LogP contribution in [0, 0.1) is 6.92 Å². The van der Waals surface area contributed by atoms with E-state index in [1.807, 2.05) is 36.1 Å². The molecule has 1 amide bonds. The highest BCUT2D eigenvalue weighted by Crippen LogP contribution is 2.38. The number of carbonyl (C=O) groups excluding carboxylic acids is 1. The molecule has 2 N–H and O–H groups in total. The predicted molar refractivity (Wildman–Crippen MR) is 138 cm³/mol. The Morgan fingerprint density at radius 3 is 1.89 bits per heavy atom. The summed E-state index contributed by atoms with van der Waals surface area (Å²) in [5, 5.41) is 9.39. The number of rotatable bonds is 6. The Morgan fingerprint density at radius 2 is 1.42 bits per heavy atom. The van der Waals surface area contributed by atoms with Gasteiger partial charge < -0.3 is 9.64 Å². The number of aryl methyl sites for hydroxylation is 1. The minimum atomic E-state index is -4.47. The number of hydroxylamine groups is 1. The van der Waals surface area contributed by atoms with Crippen LogP contribution < -0.4 is 15.1 Å². The van der Waals surface area contributed by atoms with E-state index in [1.54, 1.807) is 0 Å². The van der Waals surface area contributed by atoms with E-state index in [0.717, 1.165) is 35.5 Å². The SMILES string of the molecule is Cc1ccc(N2CCC(C(=O)NO)(S(=O)(=O)c3ccc(Oc4ccc(C(F)(F)F)cc4)cc3)CC2)cc1.Cl. The summed E-state index contributed by atoms with van der Waals surface area (Å²) >= 11 is 0. The summed E-state index contributed by atoms with van der Waals surface area (Å²) in [5.74, 6) is -0.655. The molecular weight excluding hydrogens is 545 g/mol. The molecule has 0 spiro atoms. The number of hydrogen-bond acceptors (Lipinski definition) is 6. The van der Waals surface area contributed by atoms with Crippen molar-refractivity contribution in [1.82, 2.24) is 5.48 Å². The molecule has 0 bridgehead atoms. The number of amides is 1. The van der Waals surface area contributed by atoms with Gasteiger partial charge in [0, 0.05) is 18.8 Å². The molecule has 0 unspecified atom stereocenters. The maximum atomic E-state index is 13.7. The summed E-state index contributed by atoms with van der Waals surface area (Å²) in [6, 6.07) is 17.1. The lowest BCUT2D eigenvalue weighted by atomic mass is 9.94. The van der Waals surface area contributed by atoms with Crippen LogP contribution in [0.2, 0.25) is 0 Å². The third kappa shape index (κ3) is 5.74. The highest BCUT2D eigenvalue weighted by atomic mass is 35.5. The molecule has 0 saturated carbocycles. The van der Waals surface area contributed by atoms with Gasteiger partial charge in [0.05, 0.1) is 10.5 Å². The first-order valence-corrected chi connectivity index (χ1v) is 12.9. The quantitative estimate of drug-likeness (QED) is 0.298. The third-order valence-electron chi connectivity index (χ3n) is 6.55. The van der Waals surface area contributed by atoms with Gasteiger partial charge in [0.25, 0.3) is 5.91 Å². The molecule has 12 heteroatoms. The minimum Gasteiger partial charge on any atom is -0.457 e. The standard InChI is InChI=1S/C26H25F3N2O5S.ClH/c1-18-2-6-20(7-3-18)31-16-14-25(15-17-31,24(32)30-33)37(34,35)23-12-10-22(11-13-23)36-21-8-4-19(5-9-21)26(27,28)29;/h2-13,33H,14-17H2,1H3,(H,30,32);1H. The van der Waals surface area contributed by atoms with Gasteiger partial charge in [-0.1, -0.05) is 17.7 Å². The highest BCUT2D eigenvalue weighted by Gasteiger charge is 2.53. The summed E-state index contributed by atoms with van der Waals surface area (Å²) in [4.78, 5) is 14.6. The van der Waals surface area contributed by atoms with Crippen LogP contribution in [0.15, 0.2) is 77.7 Å². The molecule has 0 radical (unpaired) electrons. The normalized spacial score (nSPS) is 15.3. The van der Waals surface area contributed by atoms with E-state index in [-0.39, 0.29) is 54.7 Å². The second-order valence-corrected chi connectivity index (χ2v) is 11.1. The van der Waals surface area contributed by atoms with Crippen LogP contribution in [0.4, 0.5) is 18.9 Å². The van der Waals surface area contributed by atoms with E-state index in [2.05, 4.69) is 0 Å². The number of piperidine rings is 1. The maximum absolute atomic E-state index is 13.7. The zero-order chi connectivity index (χ0) is 26.8. The van der Waals surface area contributed by atoms with Gasteiger partial charge >= 0.3 is 6.18 Å². The lowest BCUT2D eigenvalue weighted by molar-refractivity contribution is -0.137. The fourth-order valence-electron chi connectivity index (χ4n) is 4.36. The molecule has 1 aliphatic rings. The Labute approximate surface area is 224 Å². The van der Waals surface area contributed by atoms with E-state index < -0.39 is 32.2 Å². The Balaban J connectivity index is 0.00000400. The number of anilines is 1. The number of carbonyl (C=O) groups is 1. The molecule has 1 fully saturated rings. The number of nitrogens with one attached hydrogen (secondary N) is 1.